The third kappa shape index (κ3) is 4.31. The number of piperidine rings is 1. The molecule has 4 rings (SSSR count). The van der Waals surface area contributed by atoms with Gasteiger partial charge in [0.15, 0.2) is 5.82 Å². The number of rotatable bonds is 4. The molecule has 30 heavy (non-hydrogen) atoms. The van der Waals surface area contributed by atoms with Gasteiger partial charge in [0.25, 0.3) is 0 Å². The highest BCUT2D eigenvalue weighted by Gasteiger charge is 2.25. The van der Waals surface area contributed by atoms with Crippen LogP contribution < -0.4 is 9.42 Å². The molecule has 0 bridgehead atoms. The van der Waals surface area contributed by atoms with Gasteiger partial charge in [-0.25, -0.2) is 18.9 Å². The first-order valence-electron chi connectivity index (χ1n) is 9.78. The Labute approximate surface area is 173 Å². The Bertz CT molecular complexity index is 1140. The van der Waals surface area contributed by atoms with E-state index in [1.807, 2.05) is 25.1 Å². The molecule has 1 aliphatic heterocycles. The molecule has 0 saturated carbocycles. The van der Waals surface area contributed by atoms with Gasteiger partial charge >= 0.3 is 7.82 Å². The first-order valence-corrected chi connectivity index (χ1v) is 11.3. The highest BCUT2D eigenvalue weighted by Crippen LogP contribution is 2.43. The average Bonchev–Trinajstić information content (AvgIpc) is 2.66. The summed E-state index contributed by atoms with van der Waals surface area (Å²) in [7, 11) is -4.89. The highest BCUT2D eigenvalue weighted by molar-refractivity contribution is 7.46. The average molecular weight is 431 g/mol. The van der Waals surface area contributed by atoms with Crippen LogP contribution in [0.25, 0.3) is 22.3 Å². The van der Waals surface area contributed by atoms with Gasteiger partial charge in [-0.3, -0.25) is 9.79 Å². The Balaban J connectivity index is 1.92. The lowest BCUT2D eigenvalue weighted by atomic mass is 9.99. The minimum Gasteiger partial charge on any atom is -0.403 e. The van der Waals surface area contributed by atoms with Crippen LogP contribution in [-0.4, -0.2) is 32.8 Å². The van der Waals surface area contributed by atoms with E-state index in [4.69, 9.17) is 4.52 Å². The lowest BCUT2D eigenvalue weighted by Gasteiger charge is -2.32. The van der Waals surface area contributed by atoms with Crippen molar-refractivity contribution in [3.63, 3.8) is 0 Å². The lowest BCUT2D eigenvalue weighted by molar-refractivity contribution is 0.283. The number of aryl methyl sites for hydroxylation is 1. The normalized spacial score (nSPS) is 15.6. The van der Waals surface area contributed by atoms with Gasteiger partial charge in [-0.2, -0.15) is 0 Å². The van der Waals surface area contributed by atoms with E-state index in [2.05, 4.69) is 21.8 Å². The minimum absolute atomic E-state index is 0.0308. The number of phosphoric acid groups is 1. The fourth-order valence-electron chi connectivity index (χ4n) is 3.72. The van der Waals surface area contributed by atoms with E-state index in [0.717, 1.165) is 36.9 Å². The van der Waals surface area contributed by atoms with Crippen molar-refractivity contribution in [1.29, 1.82) is 0 Å². The van der Waals surface area contributed by atoms with E-state index in [0.29, 0.717) is 17.3 Å². The molecule has 0 atom stereocenters. The molecule has 0 aliphatic carbocycles. The highest BCUT2D eigenvalue weighted by atomic mass is 31.2. The van der Waals surface area contributed by atoms with Crippen molar-refractivity contribution in [2.24, 2.45) is 5.92 Å². The largest absolute Gasteiger partial charge is 0.524 e. The summed E-state index contributed by atoms with van der Waals surface area (Å²) >= 11 is 0. The fourth-order valence-corrected chi connectivity index (χ4v) is 4.13. The van der Waals surface area contributed by atoms with E-state index >= 15 is 0 Å². The first kappa shape index (κ1) is 20.7. The summed E-state index contributed by atoms with van der Waals surface area (Å²) in [4.78, 5) is 29.8. The smallest absolute Gasteiger partial charge is 0.403 e. The van der Waals surface area contributed by atoms with Crippen molar-refractivity contribution in [2.45, 2.75) is 26.7 Å². The third-order valence-corrected chi connectivity index (χ3v) is 5.77. The maximum Gasteiger partial charge on any atom is 0.524 e. The SMILES string of the molecule is Cc1ccc2c(N3CCC(C)CC3)nc(-c3c(F)cccc3OP(=O)(O)O)nc2c1. The number of benzene rings is 2. The third-order valence-electron chi connectivity index (χ3n) is 5.33. The molecular formula is C21H23FN3O4P. The standard InChI is InChI=1S/C21H23FN3O4P/c1-13-8-10-25(11-9-13)21-15-7-6-14(2)12-17(15)23-20(24-21)19-16(22)4-3-5-18(19)29-30(26,27)28/h3-7,12-13H,8-11H2,1-2H3,(H2,26,27,28). The lowest BCUT2D eigenvalue weighted by Crippen LogP contribution is -2.33. The summed E-state index contributed by atoms with van der Waals surface area (Å²) in [5.41, 5.74) is 1.46. The second-order valence-corrected chi connectivity index (χ2v) is 8.92. The molecule has 0 amide bonds. The molecule has 1 fully saturated rings. The summed E-state index contributed by atoms with van der Waals surface area (Å²) in [5, 5.41) is 0.854. The van der Waals surface area contributed by atoms with E-state index in [1.165, 1.54) is 18.2 Å². The molecule has 0 radical (unpaired) electrons. The number of aromatic nitrogens is 2. The van der Waals surface area contributed by atoms with Crippen LogP contribution in [0.1, 0.15) is 25.3 Å². The zero-order valence-electron chi connectivity index (χ0n) is 16.7. The Morgan fingerprint density at radius 2 is 1.90 bits per heavy atom. The molecule has 158 valence electrons. The molecule has 9 heteroatoms. The van der Waals surface area contributed by atoms with Crippen LogP contribution in [0.3, 0.4) is 0 Å². The number of phosphoric ester groups is 1. The van der Waals surface area contributed by atoms with E-state index in [-0.39, 0.29) is 17.1 Å². The van der Waals surface area contributed by atoms with Crippen molar-refractivity contribution in [1.82, 2.24) is 9.97 Å². The molecule has 3 aromatic rings. The van der Waals surface area contributed by atoms with Crippen molar-refractivity contribution in [3.8, 4) is 17.1 Å². The molecule has 2 aromatic carbocycles. The van der Waals surface area contributed by atoms with Crippen LogP contribution in [-0.2, 0) is 4.57 Å². The molecule has 0 unspecified atom stereocenters. The number of anilines is 1. The molecule has 0 spiro atoms. The predicted molar refractivity (Wildman–Crippen MR) is 113 cm³/mol. The van der Waals surface area contributed by atoms with Gasteiger partial charge < -0.3 is 9.42 Å². The second kappa shape index (κ2) is 7.95. The van der Waals surface area contributed by atoms with Crippen LogP contribution in [0.5, 0.6) is 5.75 Å². The second-order valence-electron chi connectivity index (χ2n) is 7.76. The van der Waals surface area contributed by atoms with Crippen LogP contribution in [0.15, 0.2) is 36.4 Å². The van der Waals surface area contributed by atoms with Crippen molar-refractivity contribution in [3.05, 3.63) is 47.8 Å². The quantitative estimate of drug-likeness (QED) is 0.589. The van der Waals surface area contributed by atoms with Gasteiger partial charge in [0, 0.05) is 18.5 Å². The van der Waals surface area contributed by atoms with Crippen LogP contribution in [0.4, 0.5) is 10.2 Å². The number of hydrogen-bond acceptors (Lipinski definition) is 5. The topological polar surface area (TPSA) is 95.8 Å². The van der Waals surface area contributed by atoms with E-state index in [1.54, 1.807) is 0 Å². The summed E-state index contributed by atoms with van der Waals surface area (Å²) in [6.07, 6.45) is 2.05. The molecular weight excluding hydrogens is 408 g/mol. The van der Waals surface area contributed by atoms with Gasteiger partial charge in [0.05, 0.1) is 11.1 Å². The van der Waals surface area contributed by atoms with Gasteiger partial charge in [-0.15, -0.1) is 0 Å². The Morgan fingerprint density at radius 3 is 2.60 bits per heavy atom. The minimum atomic E-state index is -4.89. The fraction of sp³-hybridized carbons (Fsp3) is 0.333. The van der Waals surface area contributed by atoms with Crippen molar-refractivity contribution >= 4 is 24.5 Å². The molecule has 1 saturated heterocycles. The Morgan fingerprint density at radius 1 is 1.17 bits per heavy atom. The number of nitrogens with zero attached hydrogens (tertiary/aromatic N) is 3. The van der Waals surface area contributed by atoms with Crippen LogP contribution in [0, 0.1) is 18.7 Å². The first-order chi connectivity index (χ1) is 14.2. The van der Waals surface area contributed by atoms with Gasteiger partial charge in [-0.05, 0) is 55.5 Å². The summed E-state index contributed by atoms with van der Waals surface area (Å²) in [6.45, 7) is 5.80. The van der Waals surface area contributed by atoms with Crippen LogP contribution >= 0.6 is 7.82 Å². The van der Waals surface area contributed by atoms with Crippen LogP contribution in [0.2, 0.25) is 0 Å². The maximum atomic E-state index is 14.8. The number of hydrogen-bond donors (Lipinski definition) is 2. The number of fused-ring (bicyclic) bond motifs is 1. The molecule has 2 N–H and O–H groups in total. The number of halogens is 1. The molecule has 1 aromatic heterocycles. The monoisotopic (exact) mass is 431 g/mol. The van der Waals surface area contributed by atoms with E-state index < -0.39 is 13.6 Å². The van der Waals surface area contributed by atoms with Gasteiger partial charge in [-0.1, -0.05) is 19.1 Å². The van der Waals surface area contributed by atoms with Crippen molar-refractivity contribution in [2.75, 3.05) is 18.0 Å². The molecule has 2 heterocycles. The molecule has 1 aliphatic rings. The summed E-state index contributed by atoms with van der Waals surface area (Å²) in [5.74, 6) is 0.334. The Hall–Kier alpha value is -2.54. The summed E-state index contributed by atoms with van der Waals surface area (Å²) in [6, 6.07) is 9.63. The maximum absolute atomic E-state index is 14.8. The predicted octanol–water partition coefficient (Wildman–Crippen LogP) is 4.45. The van der Waals surface area contributed by atoms with E-state index in [9.17, 15) is 18.7 Å². The Kier molecular flexibility index (Phi) is 5.49. The van der Waals surface area contributed by atoms with Crippen molar-refractivity contribution < 1.29 is 23.3 Å². The molecule has 7 nitrogen and oxygen atoms in total. The van der Waals surface area contributed by atoms with Gasteiger partial charge in [0.1, 0.15) is 17.4 Å². The van der Waals surface area contributed by atoms with Gasteiger partial charge in [0.2, 0.25) is 0 Å². The zero-order valence-corrected chi connectivity index (χ0v) is 17.6. The zero-order chi connectivity index (χ0) is 21.5. The summed E-state index contributed by atoms with van der Waals surface area (Å²) < 4.78 is 30.9.